The highest BCUT2D eigenvalue weighted by Crippen LogP contribution is 2.17. The topological polar surface area (TPSA) is 88.0 Å². The van der Waals surface area contributed by atoms with Crippen LogP contribution >= 0.6 is 0 Å². The number of carbonyl (C=O) groups is 1. The van der Waals surface area contributed by atoms with Gasteiger partial charge in [-0.1, -0.05) is 0 Å². The summed E-state index contributed by atoms with van der Waals surface area (Å²) in [5, 5.41) is 4.25. The molecule has 0 bridgehead atoms. The third-order valence-electron chi connectivity index (χ3n) is 2.53. The van der Waals surface area contributed by atoms with E-state index >= 15 is 0 Å². The predicted molar refractivity (Wildman–Crippen MR) is 60.8 cm³/mol. The lowest BCUT2D eigenvalue weighted by Crippen LogP contribution is -2.08. The van der Waals surface area contributed by atoms with Crippen molar-refractivity contribution in [3.63, 3.8) is 0 Å². The molecule has 0 atom stereocenters. The number of nitrogen functional groups attached to an aromatic ring is 1. The Bertz CT molecular complexity index is 550. The number of carbonyl (C=O) groups excluding carboxylic acids is 1. The maximum atomic E-state index is 11.3. The van der Waals surface area contributed by atoms with Gasteiger partial charge in [0.05, 0.1) is 7.11 Å². The summed E-state index contributed by atoms with van der Waals surface area (Å²) in [4.78, 5) is 15.3. The van der Waals surface area contributed by atoms with Crippen molar-refractivity contribution >= 4 is 11.8 Å². The van der Waals surface area contributed by atoms with E-state index in [1.54, 1.807) is 9.25 Å². The van der Waals surface area contributed by atoms with Gasteiger partial charge in [0, 0.05) is 18.8 Å². The minimum absolute atomic E-state index is 0.0933. The van der Waals surface area contributed by atoms with Gasteiger partial charge in [-0.3, -0.25) is 9.25 Å². The molecule has 0 radical (unpaired) electrons. The molecule has 90 valence electrons. The highest BCUT2D eigenvalue weighted by molar-refractivity contribution is 5.92. The third-order valence-corrected chi connectivity index (χ3v) is 2.53. The van der Waals surface area contributed by atoms with Crippen molar-refractivity contribution in [2.45, 2.75) is 6.92 Å². The zero-order valence-electron chi connectivity index (χ0n) is 9.84. The average Bonchev–Trinajstić information content (AvgIpc) is 2.82. The third kappa shape index (κ3) is 1.75. The number of aromatic nitrogens is 4. The van der Waals surface area contributed by atoms with Gasteiger partial charge in [-0.2, -0.15) is 5.10 Å². The van der Waals surface area contributed by atoms with Crippen molar-refractivity contribution in [2.24, 2.45) is 7.05 Å². The number of methoxy groups -OCH3 is 1. The van der Waals surface area contributed by atoms with Gasteiger partial charge in [0.15, 0.2) is 11.5 Å². The van der Waals surface area contributed by atoms with Crippen LogP contribution in [0.3, 0.4) is 0 Å². The van der Waals surface area contributed by atoms with Gasteiger partial charge in [-0.05, 0) is 6.92 Å². The molecule has 0 saturated carbocycles. The monoisotopic (exact) mass is 235 g/mol. The van der Waals surface area contributed by atoms with Crippen LogP contribution in [0.5, 0.6) is 0 Å². The maximum Gasteiger partial charge on any atom is 0.360 e. The van der Waals surface area contributed by atoms with Crippen molar-refractivity contribution in [3.05, 3.63) is 23.8 Å². The molecule has 0 fully saturated rings. The fourth-order valence-corrected chi connectivity index (χ4v) is 1.45. The van der Waals surface area contributed by atoms with E-state index in [1.807, 2.05) is 20.0 Å². The molecule has 7 nitrogen and oxygen atoms in total. The Hall–Kier alpha value is -2.31. The smallest absolute Gasteiger partial charge is 0.360 e. The molecule has 2 rings (SSSR count). The number of imidazole rings is 1. The number of nitrogens with two attached hydrogens (primary N) is 1. The number of esters is 1. The van der Waals surface area contributed by atoms with Gasteiger partial charge >= 0.3 is 5.97 Å². The Morgan fingerprint density at radius 3 is 2.76 bits per heavy atom. The van der Waals surface area contributed by atoms with E-state index in [4.69, 9.17) is 5.73 Å². The van der Waals surface area contributed by atoms with Crippen molar-refractivity contribution in [1.82, 2.24) is 19.3 Å². The van der Waals surface area contributed by atoms with E-state index in [1.165, 1.54) is 13.4 Å². The van der Waals surface area contributed by atoms with Crippen LogP contribution in [0.4, 0.5) is 5.82 Å². The number of ether oxygens (including phenoxy) is 1. The Morgan fingerprint density at radius 1 is 1.53 bits per heavy atom. The van der Waals surface area contributed by atoms with E-state index in [0.29, 0.717) is 5.82 Å². The lowest BCUT2D eigenvalue weighted by atomic mass is 10.4. The molecule has 0 aliphatic heterocycles. The van der Waals surface area contributed by atoms with Crippen LogP contribution in [0.2, 0.25) is 0 Å². The van der Waals surface area contributed by atoms with E-state index in [0.717, 1.165) is 5.69 Å². The van der Waals surface area contributed by atoms with Gasteiger partial charge < -0.3 is 10.5 Å². The maximum absolute atomic E-state index is 11.3. The van der Waals surface area contributed by atoms with Gasteiger partial charge in [0.1, 0.15) is 12.1 Å². The van der Waals surface area contributed by atoms with Crippen LogP contribution in [0.15, 0.2) is 12.4 Å². The van der Waals surface area contributed by atoms with Crippen LogP contribution in [0, 0.1) is 6.92 Å². The summed E-state index contributed by atoms with van der Waals surface area (Å²) in [5.74, 6) is 0.272. The average molecular weight is 235 g/mol. The quantitative estimate of drug-likeness (QED) is 0.755. The van der Waals surface area contributed by atoms with Gasteiger partial charge in [0.25, 0.3) is 0 Å². The first kappa shape index (κ1) is 11.2. The molecule has 2 aromatic rings. The largest absolute Gasteiger partial charge is 0.464 e. The van der Waals surface area contributed by atoms with Crippen LogP contribution in [0.1, 0.15) is 16.2 Å². The molecule has 2 heterocycles. The second-order valence-electron chi connectivity index (χ2n) is 3.61. The summed E-state index contributed by atoms with van der Waals surface area (Å²) in [6.07, 6.45) is 1.45. The van der Waals surface area contributed by atoms with E-state index in [9.17, 15) is 4.79 Å². The lowest BCUT2D eigenvalue weighted by molar-refractivity contribution is 0.0596. The molecular weight excluding hydrogens is 222 g/mol. The van der Waals surface area contributed by atoms with Crippen molar-refractivity contribution in [2.75, 3.05) is 12.8 Å². The second kappa shape index (κ2) is 3.93. The number of anilines is 1. The Morgan fingerprint density at radius 2 is 2.24 bits per heavy atom. The van der Waals surface area contributed by atoms with Crippen LogP contribution in [0.25, 0.3) is 5.82 Å². The fourth-order valence-electron chi connectivity index (χ4n) is 1.45. The predicted octanol–water partition coefficient (Wildman–Crippen LogP) is 0.283. The highest BCUT2D eigenvalue weighted by Gasteiger charge is 2.18. The number of hydrogen-bond donors (Lipinski definition) is 1. The summed E-state index contributed by atoms with van der Waals surface area (Å²) in [6, 6.07) is 1.85. The molecule has 0 aromatic carbocycles. The fraction of sp³-hybridized carbons (Fsp3) is 0.300. The summed E-state index contributed by atoms with van der Waals surface area (Å²) in [6.45, 7) is 1.92. The molecule has 0 saturated heterocycles. The van der Waals surface area contributed by atoms with Crippen molar-refractivity contribution in [3.8, 4) is 5.82 Å². The van der Waals surface area contributed by atoms with Crippen molar-refractivity contribution < 1.29 is 9.53 Å². The molecule has 0 aliphatic carbocycles. The standard InChI is InChI=1S/C10H13N5O2/c1-6-4-7(13-14(6)2)15-5-12-8(9(15)11)10(16)17-3/h4-5H,11H2,1-3H3. The van der Waals surface area contributed by atoms with Crippen LogP contribution in [-0.2, 0) is 11.8 Å². The summed E-state index contributed by atoms with van der Waals surface area (Å²) < 4.78 is 7.83. The second-order valence-corrected chi connectivity index (χ2v) is 3.61. The lowest BCUT2D eigenvalue weighted by Gasteiger charge is -2.00. The molecule has 2 aromatic heterocycles. The SMILES string of the molecule is COC(=O)c1ncn(-c2cc(C)n(C)n2)c1N. The van der Waals surface area contributed by atoms with Gasteiger partial charge in [-0.25, -0.2) is 9.78 Å². The molecule has 17 heavy (non-hydrogen) atoms. The highest BCUT2D eigenvalue weighted by atomic mass is 16.5. The first-order valence-corrected chi connectivity index (χ1v) is 4.96. The number of aryl methyl sites for hydroxylation is 2. The zero-order valence-corrected chi connectivity index (χ0v) is 9.84. The minimum atomic E-state index is -0.561. The molecule has 0 unspecified atom stereocenters. The number of hydrogen-bond acceptors (Lipinski definition) is 5. The molecule has 0 aliphatic rings. The summed E-state index contributed by atoms with van der Waals surface area (Å²) >= 11 is 0. The van der Waals surface area contributed by atoms with Crippen LogP contribution < -0.4 is 5.73 Å². The normalized spacial score (nSPS) is 10.5. The number of nitrogens with zero attached hydrogens (tertiary/aromatic N) is 4. The molecular formula is C10H13N5O2. The molecule has 7 heteroatoms. The Balaban J connectivity index is 2.47. The molecule has 0 amide bonds. The van der Waals surface area contributed by atoms with E-state index < -0.39 is 5.97 Å². The Labute approximate surface area is 97.8 Å². The van der Waals surface area contributed by atoms with E-state index in [2.05, 4.69) is 14.8 Å². The van der Waals surface area contributed by atoms with E-state index in [-0.39, 0.29) is 11.5 Å². The first-order valence-electron chi connectivity index (χ1n) is 4.96. The van der Waals surface area contributed by atoms with Crippen molar-refractivity contribution in [1.29, 1.82) is 0 Å². The van der Waals surface area contributed by atoms with Crippen LogP contribution in [-0.4, -0.2) is 32.4 Å². The summed E-state index contributed by atoms with van der Waals surface area (Å²) in [7, 11) is 3.11. The minimum Gasteiger partial charge on any atom is -0.464 e. The zero-order chi connectivity index (χ0) is 12.6. The summed E-state index contributed by atoms with van der Waals surface area (Å²) in [5.41, 5.74) is 6.89. The number of rotatable bonds is 2. The molecule has 2 N–H and O–H groups in total. The molecule has 0 spiro atoms. The van der Waals surface area contributed by atoms with Gasteiger partial charge in [-0.15, -0.1) is 0 Å². The Kier molecular flexibility index (Phi) is 2.58. The van der Waals surface area contributed by atoms with Gasteiger partial charge in [0.2, 0.25) is 0 Å². The first-order chi connectivity index (χ1) is 8.04.